The molecule has 21 heavy (non-hydrogen) atoms. The molecule has 0 saturated carbocycles. The maximum absolute atomic E-state index is 12.3. The normalized spacial score (nSPS) is 13.7. The minimum absolute atomic E-state index is 0.0786. The molecule has 0 spiro atoms. The van der Waals surface area contributed by atoms with E-state index in [-0.39, 0.29) is 6.03 Å². The zero-order valence-corrected chi connectivity index (χ0v) is 12.3. The Bertz CT molecular complexity index is 666. The molecule has 0 aliphatic carbocycles. The van der Waals surface area contributed by atoms with Crippen molar-refractivity contribution in [2.75, 3.05) is 11.9 Å². The molecule has 0 radical (unpaired) electrons. The molecule has 2 heterocycles. The summed E-state index contributed by atoms with van der Waals surface area (Å²) in [6.07, 6.45) is 2.60. The molecular formula is C16H18N4O. The first-order valence-electron chi connectivity index (χ1n) is 7.06. The Labute approximate surface area is 124 Å². The van der Waals surface area contributed by atoms with Gasteiger partial charge in [-0.2, -0.15) is 0 Å². The van der Waals surface area contributed by atoms with Crippen molar-refractivity contribution in [1.82, 2.24) is 14.9 Å². The number of hydrogen-bond acceptors (Lipinski definition) is 3. The number of benzene rings is 1. The highest BCUT2D eigenvalue weighted by Crippen LogP contribution is 2.18. The quantitative estimate of drug-likeness (QED) is 0.875. The molecule has 5 heteroatoms. The van der Waals surface area contributed by atoms with Gasteiger partial charge in [0.2, 0.25) is 0 Å². The third-order valence-corrected chi connectivity index (χ3v) is 3.64. The highest BCUT2D eigenvalue weighted by Gasteiger charge is 2.21. The fraction of sp³-hybridized carbons (Fsp3) is 0.312. The Morgan fingerprint density at radius 1 is 1.24 bits per heavy atom. The van der Waals surface area contributed by atoms with Gasteiger partial charge in [-0.05, 0) is 26.0 Å². The van der Waals surface area contributed by atoms with Crippen LogP contribution in [0.5, 0.6) is 0 Å². The van der Waals surface area contributed by atoms with E-state index in [9.17, 15) is 4.79 Å². The maximum Gasteiger partial charge on any atom is 0.322 e. The van der Waals surface area contributed by atoms with E-state index in [1.807, 2.05) is 44.3 Å². The number of aryl methyl sites for hydroxylation is 2. The number of nitrogens with zero attached hydrogens (tertiary/aromatic N) is 3. The second-order valence-electron chi connectivity index (χ2n) is 5.36. The van der Waals surface area contributed by atoms with Crippen LogP contribution in [0.25, 0.3) is 0 Å². The zero-order valence-electron chi connectivity index (χ0n) is 12.3. The molecule has 0 atom stereocenters. The Morgan fingerprint density at radius 2 is 2.00 bits per heavy atom. The first-order chi connectivity index (χ1) is 10.1. The van der Waals surface area contributed by atoms with Crippen LogP contribution in [0.2, 0.25) is 0 Å². The molecule has 2 aromatic rings. The molecule has 0 saturated heterocycles. The van der Waals surface area contributed by atoms with Gasteiger partial charge in [0, 0.05) is 30.4 Å². The number of amides is 2. The van der Waals surface area contributed by atoms with Crippen LogP contribution >= 0.6 is 0 Å². The maximum atomic E-state index is 12.3. The van der Waals surface area contributed by atoms with Gasteiger partial charge in [-0.25, -0.2) is 14.8 Å². The van der Waals surface area contributed by atoms with Crippen LogP contribution < -0.4 is 5.32 Å². The second-order valence-corrected chi connectivity index (χ2v) is 5.36. The van der Waals surface area contributed by atoms with Crippen molar-refractivity contribution in [2.24, 2.45) is 0 Å². The monoisotopic (exact) mass is 282 g/mol. The van der Waals surface area contributed by atoms with Crippen molar-refractivity contribution < 1.29 is 4.79 Å². The molecule has 5 nitrogen and oxygen atoms in total. The van der Waals surface area contributed by atoms with Crippen LogP contribution in [0.3, 0.4) is 0 Å². The number of urea groups is 1. The Kier molecular flexibility index (Phi) is 3.56. The number of carbonyl (C=O) groups excluding carboxylic acids is 1. The van der Waals surface area contributed by atoms with E-state index >= 15 is 0 Å². The minimum Gasteiger partial charge on any atom is -0.320 e. The van der Waals surface area contributed by atoms with E-state index in [0.717, 1.165) is 29.2 Å². The van der Waals surface area contributed by atoms with Gasteiger partial charge in [0.05, 0.1) is 12.2 Å². The first-order valence-corrected chi connectivity index (χ1v) is 7.06. The molecule has 1 aliphatic heterocycles. The van der Waals surface area contributed by atoms with Crippen LogP contribution in [0.1, 0.15) is 22.6 Å². The topological polar surface area (TPSA) is 58.1 Å². The van der Waals surface area contributed by atoms with Gasteiger partial charge >= 0.3 is 6.03 Å². The fourth-order valence-corrected chi connectivity index (χ4v) is 2.43. The van der Waals surface area contributed by atoms with Crippen molar-refractivity contribution in [3.63, 3.8) is 0 Å². The summed E-state index contributed by atoms with van der Waals surface area (Å²) in [6.45, 7) is 5.15. The molecule has 0 unspecified atom stereocenters. The molecule has 3 rings (SSSR count). The lowest BCUT2D eigenvalue weighted by molar-refractivity contribution is 0.205. The number of rotatable bonds is 1. The van der Waals surface area contributed by atoms with E-state index in [1.165, 1.54) is 5.56 Å². The van der Waals surface area contributed by atoms with Gasteiger partial charge in [0.15, 0.2) is 0 Å². The largest absolute Gasteiger partial charge is 0.322 e. The summed E-state index contributed by atoms with van der Waals surface area (Å²) in [5, 5.41) is 2.93. The zero-order chi connectivity index (χ0) is 14.8. The summed E-state index contributed by atoms with van der Waals surface area (Å²) in [5.74, 6) is 0.784. The Balaban J connectivity index is 1.69. The number of aromatic nitrogens is 2. The molecule has 1 N–H and O–H groups in total. The first kappa shape index (κ1) is 13.5. The second kappa shape index (κ2) is 5.52. The fourth-order valence-electron chi connectivity index (χ4n) is 2.43. The summed E-state index contributed by atoms with van der Waals surface area (Å²) in [6, 6.07) is 7.72. The standard InChI is InChI=1S/C16H18N4O/c1-11-3-5-14(6-4-11)19-16(21)20-8-7-15-13(10-20)9-17-12(2)18-15/h3-6,9H,7-8,10H2,1-2H3,(H,19,21). The summed E-state index contributed by atoms with van der Waals surface area (Å²) in [7, 11) is 0. The van der Waals surface area contributed by atoms with Gasteiger partial charge in [0.25, 0.3) is 0 Å². The van der Waals surface area contributed by atoms with Crippen LogP contribution in [0, 0.1) is 13.8 Å². The van der Waals surface area contributed by atoms with Gasteiger partial charge in [-0.3, -0.25) is 0 Å². The van der Waals surface area contributed by atoms with Crippen LogP contribution in [0.15, 0.2) is 30.5 Å². The third-order valence-electron chi connectivity index (χ3n) is 3.64. The van der Waals surface area contributed by atoms with Crippen LogP contribution in [0.4, 0.5) is 10.5 Å². The van der Waals surface area contributed by atoms with Crippen molar-refractivity contribution in [2.45, 2.75) is 26.8 Å². The molecule has 1 aliphatic rings. The number of hydrogen-bond donors (Lipinski definition) is 1. The molecule has 0 fully saturated rings. The van der Waals surface area contributed by atoms with E-state index in [2.05, 4.69) is 15.3 Å². The molecule has 1 aromatic heterocycles. The number of fused-ring (bicyclic) bond motifs is 1. The molecule has 2 amide bonds. The summed E-state index contributed by atoms with van der Waals surface area (Å²) in [4.78, 5) is 22.7. The SMILES string of the molecule is Cc1ccc(NC(=O)N2CCc3nc(C)ncc3C2)cc1. The third kappa shape index (κ3) is 3.02. The van der Waals surface area contributed by atoms with E-state index in [0.29, 0.717) is 13.1 Å². The van der Waals surface area contributed by atoms with Gasteiger partial charge in [-0.1, -0.05) is 17.7 Å². The van der Waals surface area contributed by atoms with E-state index in [4.69, 9.17) is 0 Å². The van der Waals surface area contributed by atoms with Crippen molar-refractivity contribution >= 4 is 11.7 Å². The highest BCUT2D eigenvalue weighted by molar-refractivity contribution is 5.89. The van der Waals surface area contributed by atoms with E-state index < -0.39 is 0 Å². The predicted molar refractivity (Wildman–Crippen MR) is 81.1 cm³/mol. The number of nitrogens with one attached hydrogen (secondary N) is 1. The smallest absolute Gasteiger partial charge is 0.320 e. The summed E-state index contributed by atoms with van der Waals surface area (Å²) in [5.41, 5.74) is 4.08. The molecule has 0 bridgehead atoms. The van der Waals surface area contributed by atoms with Crippen molar-refractivity contribution in [1.29, 1.82) is 0 Å². The average Bonchev–Trinajstić information content (AvgIpc) is 2.49. The van der Waals surface area contributed by atoms with Gasteiger partial charge in [-0.15, -0.1) is 0 Å². The molecule has 108 valence electrons. The van der Waals surface area contributed by atoms with Crippen molar-refractivity contribution in [3.8, 4) is 0 Å². The lowest BCUT2D eigenvalue weighted by Gasteiger charge is -2.28. The van der Waals surface area contributed by atoms with E-state index in [1.54, 1.807) is 4.90 Å². The lowest BCUT2D eigenvalue weighted by Crippen LogP contribution is -2.39. The highest BCUT2D eigenvalue weighted by atomic mass is 16.2. The minimum atomic E-state index is -0.0786. The lowest BCUT2D eigenvalue weighted by atomic mass is 10.1. The van der Waals surface area contributed by atoms with Crippen LogP contribution in [-0.2, 0) is 13.0 Å². The summed E-state index contributed by atoms with van der Waals surface area (Å²) < 4.78 is 0. The summed E-state index contributed by atoms with van der Waals surface area (Å²) >= 11 is 0. The predicted octanol–water partition coefficient (Wildman–Crippen LogP) is 2.68. The number of carbonyl (C=O) groups is 1. The van der Waals surface area contributed by atoms with Crippen molar-refractivity contribution in [3.05, 3.63) is 53.1 Å². The number of anilines is 1. The Morgan fingerprint density at radius 3 is 2.76 bits per heavy atom. The average molecular weight is 282 g/mol. The molecule has 1 aromatic carbocycles. The molecular weight excluding hydrogens is 264 g/mol. The van der Waals surface area contributed by atoms with Gasteiger partial charge in [0.1, 0.15) is 5.82 Å². The van der Waals surface area contributed by atoms with Gasteiger partial charge < -0.3 is 10.2 Å². The Hall–Kier alpha value is -2.43. The van der Waals surface area contributed by atoms with Crippen LogP contribution in [-0.4, -0.2) is 27.4 Å².